The van der Waals surface area contributed by atoms with Gasteiger partial charge in [-0.1, -0.05) is 6.07 Å². The van der Waals surface area contributed by atoms with Crippen LogP contribution < -0.4 is 4.74 Å². The Morgan fingerprint density at radius 3 is 2.63 bits per heavy atom. The summed E-state index contributed by atoms with van der Waals surface area (Å²) in [5.41, 5.74) is 0.509. The second-order valence-electron chi connectivity index (χ2n) is 6.70. The molecular formula is C20H19F2N5O3. The molecule has 0 unspecified atom stereocenters. The molecule has 1 aliphatic rings. The zero-order valence-electron chi connectivity index (χ0n) is 16.0. The molecule has 0 N–H and O–H groups in total. The van der Waals surface area contributed by atoms with Crippen LogP contribution in [0.2, 0.25) is 0 Å². The van der Waals surface area contributed by atoms with Gasteiger partial charge in [-0.15, -0.1) is 0 Å². The van der Waals surface area contributed by atoms with Crippen molar-refractivity contribution in [2.75, 3.05) is 19.9 Å². The monoisotopic (exact) mass is 415 g/mol. The quantitative estimate of drug-likeness (QED) is 0.593. The average molecular weight is 415 g/mol. The van der Waals surface area contributed by atoms with Gasteiger partial charge in [-0.25, -0.2) is 28.2 Å². The second kappa shape index (κ2) is 8.85. The molecule has 1 saturated heterocycles. The zero-order chi connectivity index (χ0) is 20.9. The number of ether oxygens (including phenoxy) is 2. The molecule has 30 heavy (non-hydrogen) atoms. The van der Waals surface area contributed by atoms with Crippen LogP contribution in [-0.4, -0.2) is 50.6 Å². The highest BCUT2D eigenvalue weighted by atomic mass is 19.1. The molecule has 1 fully saturated rings. The molecule has 0 saturated carbocycles. The van der Waals surface area contributed by atoms with Crippen LogP contribution >= 0.6 is 0 Å². The van der Waals surface area contributed by atoms with E-state index in [4.69, 9.17) is 9.47 Å². The van der Waals surface area contributed by atoms with Crippen LogP contribution in [0.5, 0.6) is 5.75 Å². The Kier molecular flexibility index (Phi) is 5.82. The number of likely N-dealkylation sites (tertiary alicyclic amines) is 1. The van der Waals surface area contributed by atoms with E-state index in [1.54, 1.807) is 4.90 Å². The summed E-state index contributed by atoms with van der Waals surface area (Å²) in [6.07, 6.45) is 8.14. The van der Waals surface area contributed by atoms with E-state index in [0.717, 1.165) is 36.1 Å². The van der Waals surface area contributed by atoms with Crippen LogP contribution in [0, 0.1) is 11.6 Å². The van der Waals surface area contributed by atoms with E-state index in [2.05, 4.69) is 15.1 Å². The smallest absolute Gasteiger partial charge is 0.412 e. The van der Waals surface area contributed by atoms with Gasteiger partial charge in [-0.2, -0.15) is 5.10 Å². The third kappa shape index (κ3) is 4.22. The highest BCUT2D eigenvalue weighted by Crippen LogP contribution is 2.28. The van der Waals surface area contributed by atoms with Crippen molar-refractivity contribution >= 4 is 6.09 Å². The molecule has 0 aliphatic carbocycles. The summed E-state index contributed by atoms with van der Waals surface area (Å²) < 4.78 is 39.8. The van der Waals surface area contributed by atoms with Crippen LogP contribution in [0.3, 0.4) is 0 Å². The number of hydrogen-bond donors (Lipinski definition) is 0. The highest BCUT2D eigenvalue weighted by molar-refractivity contribution is 5.68. The Morgan fingerprint density at radius 1 is 1.10 bits per heavy atom. The lowest BCUT2D eigenvalue weighted by Gasteiger charge is -2.25. The standard InChI is InChI=1S/C20H19F2N5O3/c21-15-5-4-6-16(22)19(15)27-11-14(9-25-27)18-17(10-23-12-24-18)29-13-30-20(28)26-7-2-1-3-8-26/h4-6,9-12H,1-3,7-8,13H2. The molecule has 3 aromatic rings. The van der Waals surface area contributed by atoms with E-state index in [9.17, 15) is 13.6 Å². The molecule has 0 atom stereocenters. The Bertz CT molecular complexity index is 1020. The van der Waals surface area contributed by atoms with Gasteiger partial charge >= 0.3 is 6.09 Å². The number of para-hydroxylation sites is 1. The molecular weight excluding hydrogens is 396 g/mol. The lowest BCUT2D eigenvalue weighted by atomic mass is 10.1. The van der Waals surface area contributed by atoms with Crippen LogP contribution in [0.15, 0.2) is 43.1 Å². The number of aromatic nitrogens is 4. The van der Waals surface area contributed by atoms with Crippen molar-refractivity contribution in [1.82, 2.24) is 24.6 Å². The summed E-state index contributed by atoms with van der Waals surface area (Å²) in [6.45, 7) is 1.03. The van der Waals surface area contributed by atoms with Crippen molar-refractivity contribution in [3.63, 3.8) is 0 Å². The lowest BCUT2D eigenvalue weighted by Crippen LogP contribution is -2.36. The van der Waals surface area contributed by atoms with Crippen molar-refractivity contribution in [3.05, 3.63) is 54.8 Å². The molecule has 0 spiro atoms. The van der Waals surface area contributed by atoms with Crippen molar-refractivity contribution < 1.29 is 23.0 Å². The molecule has 8 nitrogen and oxygen atoms in total. The molecule has 0 radical (unpaired) electrons. The number of nitrogens with zero attached hydrogens (tertiary/aromatic N) is 5. The van der Waals surface area contributed by atoms with Gasteiger partial charge in [0.15, 0.2) is 17.4 Å². The maximum absolute atomic E-state index is 14.0. The molecule has 4 rings (SSSR count). The first-order chi connectivity index (χ1) is 14.6. The van der Waals surface area contributed by atoms with Gasteiger partial charge in [0.1, 0.15) is 17.7 Å². The van der Waals surface area contributed by atoms with Crippen LogP contribution in [-0.2, 0) is 4.74 Å². The zero-order valence-corrected chi connectivity index (χ0v) is 16.0. The maximum atomic E-state index is 14.0. The normalized spacial score (nSPS) is 13.9. The number of carbonyl (C=O) groups is 1. The molecule has 1 aliphatic heterocycles. The van der Waals surface area contributed by atoms with Crippen molar-refractivity contribution in [3.8, 4) is 22.7 Å². The van der Waals surface area contributed by atoms with E-state index >= 15 is 0 Å². The number of rotatable bonds is 5. The Morgan fingerprint density at radius 2 is 1.87 bits per heavy atom. The highest BCUT2D eigenvalue weighted by Gasteiger charge is 2.19. The Balaban J connectivity index is 1.47. The Labute approximate surface area is 171 Å². The van der Waals surface area contributed by atoms with Gasteiger partial charge in [-0.3, -0.25) is 0 Å². The fourth-order valence-corrected chi connectivity index (χ4v) is 3.23. The molecule has 10 heteroatoms. The molecule has 0 bridgehead atoms. The Hall–Kier alpha value is -3.56. The molecule has 156 valence electrons. The average Bonchev–Trinajstić information content (AvgIpc) is 3.24. The minimum absolute atomic E-state index is 0.248. The van der Waals surface area contributed by atoms with Crippen molar-refractivity contribution in [2.24, 2.45) is 0 Å². The fourth-order valence-electron chi connectivity index (χ4n) is 3.23. The van der Waals surface area contributed by atoms with E-state index in [1.165, 1.54) is 31.0 Å². The minimum Gasteiger partial charge on any atom is -0.453 e. The number of halogens is 2. The number of amides is 1. The van der Waals surface area contributed by atoms with Crippen molar-refractivity contribution in [1.29, 1.82) is 0 Å². The van der Waals surface area contributed by atoms with Gasteiger partial charge in [-0.05, 0) is 31.4 Å². The number of piperidine rings is 1. The number of carbonyl (C=O) groups excluding carboxylic acids is 1. The predicted molar refractivity (Wildman–Crippen MR) is 102 cm³/mol. The summed E-state index contributed by atoms with van der Waals surface area (Å²) in [7, 11) is 0. The van der Waals surface area contributed by atoms with E-state index in [1.807, 2.05) is 0 Å². The van der Waals surface area contributed by atoms with Crippen LogP contribution in [0.4, 0.5) is 13.6 Å². The summed E-state index contributed by atoms with van der Waals surface area (Å²) in [5, 5.41) is 4.02. The van der Waals surface area contributed by atoms with Gasteiger partial charge in [0.2, 0.25) is 6.79 Å². The first-order valence-corrected chi connectivity index (χ1v) is 9.47. The maximum Gasteiger partial charge on any atom is 0.412 e. The largest absolute Gasteiger partial charge is 0.453 e. The van der Waals surface area contributed by atoms with Gasteiger partial charge in [0.05, 0.1) is 12.4 Å². The third-order valence-electron chi connectivity index (χ3n) is 4.71. The van der Waals surface area contributed by atoms with Crippen molar-refractivity contribution in [2.45, 2.75) is 19.3 Å². The minimum atomic E-state index is -0.742. The van der Waals surface area contributed by atoms with E-state index < -0.39 is 17.7 Å². The molecule has 3 heterocycles. The summed E-state index contributed by atoms with van der Waals surface area (Å²) >= 11 is 0. The fraction of sp³-hybridized carbons (Fsp3) is 0.300. The second-order valence-corrected chi connectivity index (χ2v) is 6.70. The van der Waals surface area contributed by atoms with Gasteiger partial charge < -0.3 is 14.4 Å². The van der Waals surface area contributed by atoms with Crippen LogP contribution in [0.25, 0.3) is 16.9 Å². The summed E-state index contributed by atoms with van der Waals surface area (Å²) in [6, 6.07) is 3.57. The predicted octanol–water partition coefficient (Wildman–Crippen LogP) is 3.57. The third-order valence-corrected chi connectivity index (χ3v) is 4.71. The topological polar surface area (TPSA) is 82.4 Å². The lowest BCUT2D eigenvalue weighted by molar-refractivity contribution is 0.0316. The van der Waals surface area contributed by atoms with Gasteiger partial charge in [0, 0.05) is 24.8 Å². The summed E-state index contributed by atoms with van der Waals surface area (Å²) in [4.78, 5) is 21.8. The van der Waals surface area contributed by atoms with Crippen LogP contribution in [0.1, 0.15) is 19.3 Å². The number of hydrogen-bond acceptors (Lipinski definition) is 6. The van der Waals surface area contributed by atoms with E-state index in [-0.39, 0.29) is 18.2 Å². The number of benzene rings is 1. The molecule has 1 aromatic carbocycles. The first-order valence-electron chi connectivity index (χ1n) is 9.47. The van der Waals surface area contributed by atoms with E-state index in [0.29, 0.717) is 24.3 Å². The molecule has 2 aromatic heterocycles. The summed E-state index contributed by atoms with van der Waals surface area (Å²) in [5.74, 6) is -1.24. The SMILES string of the molecule is O=C(OCOc1cncnc1-c1cnn(-c2c(F)cccc2F)c1)N1CCCCC1. The first kappa shape index (κ1) is 19.7. The molecule has 1 amide bonds. The van der Waals surface area contributed by atoms with Gasteiger partial charge in [0.25, 0.3) is 0 Å².